The molecule has 0 atom stereocenters. The maximum Gasteiger partial charge on any atom is 0.417 e. The third-order valence-electron chi connectivity index (χ3n) is 1.69. The first-order chi connectivity index (χ1) is 6.22. The molecule has 0 aliphatic carbocycles. The Balaban J connectivity index is 2.98. The number of rotatable bonds is 1. The summed E-state index contributed by atoms with van der Waals surface area (Å²) in [6.07, 6.45) is 0.314. The SMILES string of the molecule is O=Cc1c(F)ccc2[nH]c(=O)oc12. The molecule has 4 nitrogen and oxygen atoms in total. The van der Waals surface area contributed by atoms with Crippen LogP contribution >= 0.6 is 0 Å². The van der Waals surface area contributed by atoms with Crippen LogP contribution in [0.25, 0.3) is 11.1 Å². The lowest BCUT2D eigenvalue weighted by atomic mass is 10.2. The van der Waals surface area contributed by atoms with Gasteiger partial charge in [0, 0.05) is 0 Å². The highest BCUT2D eigenvalue weighted by molar-refractivity contribution is 5.92. The average molecular weight is 181 g/mol. The number of benzene rings is 1. The number of fused-ring (bicyclic) bond motifs is 1. The van der Waals surface area contributed by atoms with E-state index in [-0.39, 0.29) is 11.1 Å². The van der Waals surface area contributed by atoms with Crippen molar-refractivity contribution < 1.29 is 13.6 Å². The van der Waals surface area contributed by atoms with E-state index in [0.717, 1.165) is 6.07 Å². The van der Waals surface area contributed by atoms with Crippen molar-refractivity contribution >= 4 is 17.4 Å². The Morgan fingerprint density at radius 3 is 2.92 bits per heavy atom. The van der Waals surface area contributed by atoms with Gasteiger partial charge in [0.15, 0.2) is 11.9 Å². The standard InChI is InChI=1S/C8H4FNO3/c9-5-1-2-6-7(4(5)3-11)13-8(12)10-6/h1-3H,(H,10,12). The topological polar surface area (TPSA) is 63.1 Å². The zero-order valence-electron chi connectivity index (χ0n) is 6.33. The van der Waals surface area contributed by atoms with E-state index in [4.69, 9.17) is 0 Å². The van der Waals surface area contributed by atoms with E-state index in [0.29, 0.717) is 11.8 Å². The Hall–Kier alpha value is -1.91. The van der Waals surface area contributed by atoms with Crippen molar-refractivity contribution in [3.63, 3.8) is 0 Å². The van der Waals surface area contributed by atoms with E-state index >= 15 is 0 Å². The van der Waals surface area contributed by atoms with Crippen molar-refractivity contribution in [3.8, 4) is 0 Å². The zero-order valence-corrected chi connectivity index (χ0v) is 6.33. The summed E-state index contributed by atoms with van der Waals surface area (Å²) in [4.78, 5) is 23.5. The highest BCUT2D eigenvalue weighted by Gasteiger charge is 2.10. The second-order valence-corrected chi connectivity index (χ2v) is 2.47. The molecule has 0 saturated carbocycles. The second kappa shape index (κ2) is 2.55. The molecule has 2 rings (SSSR count). The van der Waals surface area contributed by atoms with Crippen molar-refractivity contribution in [2.75, 3.05) is 0 Å². The fraction of sp³-hybridized carbons (Fsp3) is 0. The Labute approximate surface area is 71.0 Å². The zero-order chi connectivity index (χ0) is 9.42. The van der Waals surface area contributed by atoms with Crippen molar-refractivity contribution in [2.45, 2.75) is 0 Å². The summed E-state index contributed by atoms with van der Waals surface area (Å²) in [5.74, 6) is -1.41. The molecule has 1 heterocycles. The van der Waals surface area contributed by atoms with Crippen LogP contribution in [0.4, 0.5) is 4.39 Å². The van der Waals surface area contributed by atoms with Gasteiger partial charge in [-0.25, -0.2) is 9.18 Å². The molecule has 0 amide bonds. The first kappa shape index (κ1) is 7.72. The number of aromatic nitrogens is 1. The molecule has 0 radical (unpaired) electrons. The molecule has 0 unspecified atom stereocenters. The Morgan fingerprint density at radius 2 is 2.23 bits per heavy atom. The quantitative estimate of drug-likeness (QED) is 0.669. The highest BCUT2D eigenvalue weighted by atomic mass is 19.1. The number of H-pyrrole nitrogens is 1. The minimum Gasteiger partial charge on any atom is -0.407 e. The molecular formula is C8H4FNO3. The summed E-state index contributed by atoms with van der Waals surface area (Å²) in [5, 5.41) is 0. The van der Waals surface area contributed by atoms with Gasteiger partial charge in [0.05, 0.1) is 11.1 Å². The summed E-state index contributed by atoms with van der Waals surface area (Å²) < 4.78 is 17.5. The maximum absolute atomic E-state index is 12.9. The van der Waals surface area contributed by atoms with E-state index < -0.39 is 11.6 Å². The normalized spacial score (nSPS) is 10.5. The van der Waals surface area contributed by atoms with E-state index in [9.17, 15) is 14.0 Å². The van der Waals surface area contributed by atoms with Gasteiger partial charge in [0.25, 0.3) is 0 Å². The number of hydrogen-bond acceptors (Lipinski definition) is 3. The van der Waals surface area contributed by atoms with Crippen LogP contribution in [0, 0.1) is 5.82 Å². The monoisotopic (exact) mass is 181 g/mol. The number of nitrogens with one attached hydrogen (secondary N) is 1. The molecule has 0 fully saturated rings. The van der Waals surface area contributed by atoms with E-state index in [1.807, 2.05) is 0 Å². The largest absolute Gasteiger partial charge is 0.417 e. The lowest BCUT2D eigenvalue weighted by Crippen LogP contribution is -1.92. The maximum atomic E-state index is 12.9. The van der Waals surface area contributed by atoms with Gasteiger partial charge in [-0.15, -0.1) is 0 Å². The van der Waals surface area contributed by atoms with E-state index in [1.165, 1.54) is 6.07 Å². The van der Waals surface area contributed by atoms with Gasteiger partial charge in [-0.1, -0.05) is 0 Å². The molecule has 0 saturated heterocycles. The van der Waals surface area contributed by atoms with Crippen molar-refractivity contribution in [1.29, 1.82) is 0 Å². The lowest BCUT2D eigenvalue weighted by Gasteiger charge is -1.92. The number of oxazole rings is 1. The van der Waals surface area contributed by atoms with Crippen molar-refractivity contribution in [2.24, 2.45) is 0 Å². The molecule has 5 heteroatoms. The molecule has 13 heavy (non-hydrogen) atoms. The molecule has 0 aliphatic heterocycles. The highest BCUT2D eigenvalue weighted by Crippen LogP contribution is 2.16. The fourth-order valence-corrected chi connectivity index (χ4v) is 1.12. The Bertz CT molecular complexity index is 526. The molecule has 1 aromatic heterocycles. The van der Waals surface area contributed by atoms with Crippen LogP contribution in [0.3, 0.4) is 0 Å². The van der Waals surface area contributed by atoms with E-state index in [2.05, 4.69) is 9.40 Å². The number of carbonyl (C=O) groups excluding carboxylic acids is 1. The molecule has 0 bridgehead atoms. The first-order valence-electron chi connectivity index (χ1n) is 3.49. The number of aldehydes is 1. The minimum atomic E-state index is -0.705. The lowest BCUT2D eigenvalue weighted by molar-refractivity contribution is 0.112. The number of halogens is 1. The van der Waals surface area contributed by atoms with Gasteiger partial charge in [-0.2, -0.15) is 0 Å². The summed E-state index contributed by atoms with van der Waals surface area (Å²) in [6, 6.07) is 2.43. The number of hydrogen-bond donors (Lipinski definition) is 1. The minimum absolute atomic E-state index is 0.0417. The molecule has 66 valence electrons. The van der Waals surface area contributed by atoms with E-state index in [1.54, 1.807) is 0 Å². The van der Waals surface area contributed by atoms with Crippen LogP contribution < -0.4 is 5.76 Å². The Kier molecular flexibility index (Phi) is 1.51. The van der Waals surface area contributed by atoms with Crippen molar-refractivity contribution in [1.82, 2.24) is 4.98 Å². The Morgan fingerprint density at radius 1 is 1.46 bits per heavy atom. The summed E-state index contributed by atoms with van der Waals surface area (Å²) in [7, 11) is 0. The predicted octanol–water partition coefficient (Wildman–Crippen LogP) is 1.07. The van der Waals surface area contributed by atoms with Crippen LogP contribution in [0.15, 0.2) is 21.3 Å². The number of carbonyl (C=O) groups is 1. The molecule has 1 aromatic carbocycles. The van der Waals surface area contributed by atoms with Gasteiger partial charge in [-0.05, 0) is 12.1 Å². The van der Waals surface area contributed by atoms with Crippen LogP contribution in [-0.2, 0) is 0 Å². The fourth-order valence-electron chi connectivity index (χ4n) is 1.12. The van der Waals surface area contributed by atoms with Gasteiger partial charge in [-0.3, -0.25) is 9.78 Å². The van der Waals surface area contributed by atoms with Gasteiger partial charge in [0.2, 0.25) is 0 Å². The smallest absolute Gasteiger partial charge is 0.407 e. The summed E-state index contributed by atoms with van der Waals surface area (Å²) >= 11 is 0. The van der Waals surface area contributed by atoms with Crippen LogP contribution in [0.2, 0.25) is 0 Å². The van der Waals surface area contributed by atoms with Gasteiger partial charge in [0.1, 0.15) is 5.82 Å². The third-order valence-corrected chi connectivity index (χ3v) is 1.69. The summed E-state index contributed by atoms with van der Waals surface area (Å²) in [6.45, 7) is 0. The van der Waals surface area contributed by atoms with Crippen LogP contribution in [0.1, 0.15) is 10.4 Å². The number of aromatic amines is 1. The van der Waals surface area contributed by atoms with Gasteiger partial charge >= 0.3 is 5.76 Å². The molecule has 1 N–H and O–H groups in total. The molecular weight excluding hydrogens is 177 g/mol. The second-order valence-electron chi connectivity index (χ2n) is 2.47. The molecule has 0 spiro atoms. The third kappa shape index (κ3) is 1.05. The summed E-state index contributed by atoms with van der Waals surface area (Å²) in [5.41, 5.74) is 0.0318. The molecule has 0 aliphatic rings. The average Bonchev–Trinajstić information content (AvgIpc) is 2.45. The predicted molar refractivity (Wildman–Crippen MR) is 42.2 cm³/mol. The first-order valence-corrected chi connectivity index (χ1v) is 3.49. The van der Waals surface area contributed by atoms with Gasteiger partial charge < -0.3 is 4.42 Å². The molecule has 2 aromatic rings. The van der Waals surface area contributed by atoms with Crippen molar-refractivity contribution in [3.05, 3.63) is 34.1 Å². The van der Waals surface area contributed by atoms with Crippen LogP contribution in [-0.4, -0.2) is 11.3 Å². The van der Waals surface area contributed by atoms with Crippen LogP contribution in [0.5, 0.6) is 0 Å².